The lowest BCUT2D eigenvalue weighted by molar-refractivity contribution is 0.570. The quantitative estimate of drug-likeness (QED) is 0.334. The molecule has 0 amide bonds. The van der Waals surface area contributed by atoms with Gasteiger partial charge in [-0.1, -0.05) is 29.8 Å². The molecule has 33 heavy (non-hydrogen) atoms. The molecule has 0 aliphatic carbocycles. The maximum absolute atomic E-state index is 13.9. The Kier molecular flexibility index (Phi) is 6.23. The number of aryl methyl sites for hydroxylation is 2. The standard InChI is InChI=1S/C24H22FN5O2S/c1-16-7-9-19(10-8-16)28-24-26-17(2)15-23(29-24)27-18-11-13-20(14-12-18)30-33(31,32)22-6-4-3-5-21(22)25/h3-15,30H,1-2H3,(H2,26,27,28,29). The van der Waals surface area contributed by atoms with Crippen LogP contribution in [0.2, 0.25) is 0 Å². The maximum Gasteiger partial charge on any atom is 0.264 e. The first-order valence-corrected chi connectivity index (χ1v) is 11.6. The molecule has 0 radical (unpaired) electrons. The van der Waals surface area contributed by atoms with Crippen LogP contribution in [0.5, 0.6) is 0 Å². The first kappa shape index (κ1) is 22.2. The van der Waals surface area contributed by atoms with E-state index in [0.29, 0.717) is 23.1 Å². The second kappa shape index (κ2) is 9.25. The average molecular weight is 464 g/mol. The van der Waals surface area contributed by atoms with Crippen LogP contribution < -0.4 is 15.4 Å². The second-order valence-corrected chi connectivity index (χ2v) is 9.10. The summed E-state index contributed by atoms with van der Waals surface area (Å²) in [6.45, 7) is 3.89. The summed E-state index contributed by atoms with van der Waals surface area (Å²) in [6, 6.07) is 21.5. The van der Waals surface area contributed by atoms with E-state index in [2.05, 4.69) is 25.3 Å². The number of sulfonamides is 1. The fraction of sp³-hybridized carbons (Fsp3) is 0.0833. The van der Waals surface area contributed by atoms with E-state index in [9.17, 15) is 12.8 Å². The molecule has 4 aromatic rings. The minimum absolute atomic E-state index is 0.310. The zero-order valence-corrected chi connectivity index (χ0v) is 18.8. The number of nitrogens with zero attached hydrogens (tertiary/aromatic N) is 2. The molecule has 9 heteroatoms. The predicted molar refractivity (Wildman–Crippen MR) is 128 cm³/mol. The molecule has 0 spiro atoms. The molecular formula is C24H22FN5O2S. The van der Waals surface area contributed by atoms with Gasteiger partial charge in [0, 0.05) is 28.8 Å². The van der Waals surface area contributed by atoms with Crippen molar-refractivity contribution in [3.63, 3.8) is 0 Å². The van der Waals surface area contributed by atoms with E-state index >= 15 is 0 Å². The highest BCUT2D eigenvalue weighted by molar-refractivity contribution is 7.92. The Hall–Kier alpha value is -3.98. The molecule has 3 N–H and O–H groups in total. The minimum Gasteiger partial charge on any atom is -0.340 e. The van der Waals surface area contributed by atoms with Gasteiger partial charge in [0.05, 0.1) is 0 Å². The molecule has 7 nitrogen and oxygen atoms in total. The Labute approximate surface area is 191 Å². The Balaban J connectivity index is 1.47. The Morgan fingerprint density at radius 1 is 0.758 bits per heavy atom. The lowest BCUT2D eigenvalue weighted by atomic mass is 10.2. The summed E-state index contributed by atoms with van der Waals surface area (Å²) in [5.41, 5.74) is 3.82. The number of halogens is 1. The minimum atomic E-state index is -4.03. The molecular weight excluding hydrogens is 441 g/mol. The summed E-state index contributed by atoms with van der Waals surface area (Å²) in [6.07, 6.45) is 0. The van der Waals surface area contributed by atoms with Gasteiger partial charge in [0.15, 0.2) is 0 Å². The van der Waals surface area contributed by atoms with Crippen molar-refractivity contribution < 1.29 is 12.8 Å². The number of hydrogen-bond acceptors (Lipinski definition) is 6. The number of aromatic nitrogens is 2. The predicted octanol–water partition coefficient (Wildman–Crippen LogP) is 5.52. The van der Waals surface area contributed by atoms with E-state index in [1.807, 2.05) is 38.1 Å². The van der Waals surface area contributed by atoms with Gasteiger partial charge < -0.3 is 10.6 Å². The van der Waals surface area contributed by atoms with E-state index in [4.69, 9.17) is 0 Å². The van der Waals surface area contributed by atoms with Crippen molar-refractivity contribution in [2.45, 2.75) is 18.7 Å². The first-order chi connectivity index (χ1) is 15.8. The van der Waals surface area contributed by atoms with E-state index < -0.39 is 20.7 Å². The van der Waals surface area contributed by atoms with Crippen molar-refractivity contribution >= 4 is 38.9 Å². The van der Waals surface area contributed by atoms with Crippen molar-refractivity contribution in [2.75, 3.05) is 15.4 Å². The topological polar surface area (TPSA) is 96.0 Å². The molecule has 0 unspecified atom stereocenters. The molecule has 168 valence electrons. The normalized spacial score (nSPS) is 11.1. The van der Waals surface area contributed by atoms with Crippen LogP contribution in [0.1, 0.15) is 11.3 Å². The molecule has 0 saturated carbocycles. The van der Waals surface area contributed by atoms with Crippen LogP contribution in [0.25, 0.3) is 0 Å². The molecule has 3 aromatic carbocycles. The third-order valence-corrected chi connectivity index (χ3v) is 6.11. The van der Waals surface area contributed by atoms with Gasteiger partial charge in [-0.25, -0.2) is 17.8 Å². The number of anilines is 5. The zero-order chi connectivity index (χ0) is 23.4. The highest BCUT2D eigenvalue weighted by Crippen LogP contribution is 2.23. The molecule has 0 bridgehead atoms. The van der Waals surface area contributed by atoms with Gasteiger partial charge in [0.2, 0.25) is 5.95 Å². The average Bonchev–Trinajstić information content (AvgIpc) is 2.76. The zero-order valence-electron chi connectivity index (χ0n) is 18.0. The van der Waals surface area contributed by atoms with Crippen molar-refractivity contribution in [2.24, 2.45) is 0 Å². The third kappa shape index (κ3) is 5.64. The van der Waals surface area contributed by atoms with Crippen LogP contribution in [0, 0.1) is 19.7 Å². The molecule has 0 fully saturated rings. The SMILES string of the molecule is Cc1ccc(Nc2nc(C)cc(Nc3ccc(NS(=O)(=O)c4ccccc4F)cc3)n2)cc1. The van der Waals surface area contributed by atoms with Crippen LogP contribution in [0.4, 0.5) is 33.2 Å². The Morgan fingerprint density at radius 3 is 2.06 bits per heavy atom. The molecule has 0 saturated heterocycles. The molecule has 0 aliphatic rings. The lowest BCUT2D eigenvalue weighted by Crippen LogP contribution is -2.14. The monoisotopic (exact) mass is 463 g/mol. The first-order valence-electron chi connectivity index (χ1n) is 10.1. The van der Waals surface area contributed by atoms with Crippen LogP contribution in [0.15, 0.2) is 83.8 Å². The van der Waals surface area contributed by atoms with Gasteiger partial charge >= 0.3 is 0 Å². The van der Waals surface area contributed by atoms with Crippen molar-refractivity contribution in [1.82, 2.24) is 9.97 Å². The second-order valence-electron chi connectivity index (χ2n) is 7.45. The number of rotatable bonds is 7. The fourth-order valence-corrected chi connectivity index (χ4v) is 4.24. The van der Waals surface area contributed by atoms with Crippen LogP contribution in [-0.4, -0.2) is 18.4 Å². The largest absolute Gasteiger partial charge is 0.340 e. The van der Waals surface area contributed by atoms with Gasteiger partial charge in [-0.15, -0.1) is 0 Å². The molecule has 0 aliphatic heterocycles. The van der Waals surface area contributed by atoms with Crippen molar-refractivity contribution in [1.29, 1.82) is 0 Å². The van der Waals surface area contributed by atoms with Gasteiger partial charge in [0.1, 0.15) is 16.5 Å². The van der Waals surface area contributed by atoms with E-state index in [-0.39, 0.29) is 0 Å². The summed E-state index contributed by atoms with van der Waals surface area (Å²) < 4.78 is 41.2. The Morgan fingerprint density at radius 2 is 1.36 bits per heavy atom. The van der Waals surface area contributed by atoms with E-state index in [1.54, 1.807) is 30.3 Å². The van der Waals surface area contributed by atoms with Crippen LogP contribution >= 0.6 is 0 Å². The molecule has 1 heterocycles. The summed E-state index contributed by atoms with van der Waals surface area (Å²) in [5.74, 6) is 0.227. The summed E-state index contributed by atoms with van der Waals surface area (Å²) in [5, 5.41) is 6.37. The van der Waals surface area contributed by atoms with Crippen LogP contribution in [0.3, 0.4) is 0 Å². The highest BCUT2D eigenvalue weighted by Gasteiger charge is 2.18. The molecule has 1 aromatic heterocycles. The number of hydrogen-bond donors (Lipinski definition) is 3. The van der Waals surface area contributed by atoms with Gasteiger partial charge in [-0.2, -0.15) is 4.98 Å². The van der Waals surface area contributed by atoms with Gasteiger partial charge in [-0.3, -0.25) is 4.72 Å². The summed E-state index contributed by atoms with van der Waals surface area (Å²) in [7, 11) is -4.03. The van der Waals surface area contributed by atoms with Gasteiger partial charge in [-0.05, 0) is 62.4 Å². The summed E-state index contributed by atoms with van der Waals surface area (Å²) in [4.78, 5) is 8.50. The van der Waals surface area contributed by atoms with Crippen molar-refractivity contribution in [3.8, 4) is 0 Å². The number of benzene rings is 3. The smallest absolute Gasteiger partial charge is 0.264 e. The van der Waals surface area contributed by atoms with Crippen molar-refractivity contribution in [3.05, 3.63) is 95.9 Å². The lowest BCUT2D eigenvalue weighted by Gasteiger charge is -2.12. The van der Waals surface area contributed by atoms with E-state index in [1.165, 1.54) is 18.2 Å². The third-order valence-electron chi connectivity index (χ3n) is 4.70. The summed E-state index contributed by atoms with van der Waals surface area (Å²) >= 11 is 0. The van der Waals surface area contributed by atoms with Crippen LogP contribution in [-0.2, 0) is 10.0 Å². The fourth-order valence-electron chi connectivity index (χ4n) is 3.10. The maximum atomic E-state index is 13.9. The van der Waals surface area contributed by atoms with Gasteiger partial charge in [0.25, 0.3) is 10.0 Å². The van der Waals surface area contributed by atoms with E-state index in [0.717, 1.165) is 23.0 Å². The molecule has 0 atom stereocenters. The number of nitrogens with one attached hydrogen (secondary N) is 3. The highest BCUT2D eigenvalue weighted by atomic mass is 32.2. The Bertz CT molecular complexity index is 1380. The molecule has 4 rings (SSSR count).